The Morgan fingerprint density at radius 3 is 2.30 bits per heavy atom. The molecule has 2 aromatic carbocycles. The van der Waals surface area contributed by atoms with E-state index >= 15 is 0 Å². The molecule has 2 aromatic rings. The Hall–Kier alpha value is -1.26. The molecule has 27 heavy (non-hydrogen) atoms. The third-order valence-corrected chi connectivity index (χ3v) is 5.66. The second kappa shape index (κ2) is 12.2. The first kappa shape index (κ1) is 23.8. The van der Waals surface area contributed by atoms with Gasteiger partial charge in [-0.15, -0.1) is 35.7 Å². The van der Waals surface area contributed by atoms with E-state index < -0.39 is 9.84 Å². The number of sulfone groups is 1. The second-order valence-electron chi connectivity index (χ2n) is 5.70. The van der Waals surface area contributed by atoms with Gasteiger partial charge in [0.05, 0.1) is 11.4 Å². The first-order chi connectivity index (χ1) is 12.5. The molecule has 148 valence electrons. The highest BCUT2D eigenvalue weighted by molar-refractivity contribution is 14.0. The van der Waals surface area contributed by atoms with Gasteiger partial charge in [-0.25, -0.2) is 13.4 Å². The average molecular weight is 519 g/mol. The lowest BCUT2D eigenvalue weighted by Crippen LogP contribution is -2.38. The fourth-order valence-electron chi connectivity index (χ4n) is 2.21. The van der Waals surface area contributed by atoms with E-state index in [4.69, 9.17) is 0 Å². The highest BCUT2D eigenvalue weighted by Crippen LogP contribution is 2.15. The summed E-state index contributed by atoms with van der Waals surface area (Å²) in [5, 5.41) is 6.54. The van der Waals surface area contributed by atoms with Crippen molar-refractivity contribution < 1.29 is 8.42 Å². The Labute approximate surface area is 183 Å². The third-order valence-electron chi connectivity index (χ3n) is 3.52. The fourth-order valence-corrected chi connectivity index (χ4v) is 3.63. The highest BCUT2D eigenvalue weighted by atomic mass is 127. The minimum atomic E-state index is -3.16. The van der Waals surface area contributed by atoms with E-state index in [-0.39, 0.29) is 24.0 Å². The van der Waals surface area contributed by atoms with E-state index in [2.05, 4.69) is 27.8 Å². The molecule has 2 N–H and O–H groups in total. The maximum Gasteiger partial charge on any atom is 0.191 e. The van der Waals surface area contributed by atoms with Crippen molar-refractivity contribution in [1.29, 1.82) is 0 Å². The molecule has 5 nitrogen and oxygen atoms in total. The van der Waals surface area contributed by atoms with Crippen molar-refractivity contribution in [3.8, 4) is 0 Å². The fraction of sp³-hybridized carbons (Fsp3) is 0.316. The number of nitrogens with one attached hydrogen (secondary N) is 2. The number of benzene rings is 2. The summed E-state index contributed by atoms with van der Waals surface area (Å²) >= 11 is 1.80. The predicted molar refractivity (Wildman–Crippen MR) is 125 cm³/mol. The van der Waals surface area contributed by atoms with Crippen LogP contribution in [0.4, 0.5) is 0 Å². The Kier molecular flexibility index (Phi) is 10.8. The lowest BCUT2D eigenvalue weighted by Gasteiger charge is -2.11. The van der Waals surface area contributed by atoms with E-state index in [0.717, 1.165) is 30.4 Å². The van der Waals surface area contributed by atoms with Crippen LogP contribution in [0.25, 0.3) is 0 Å². The Morgan fingerprint density at radius 1 is 1.04 bits per heavy atom. The summed E-state index contributed by atoms with van der Waals surface area (Å²) in [4.78, 5) is 6.13. The molecule has 2 rings (SSSR count). The summed E-state index contributed by atoms with van der Waals surface area (Å²) in [6.07, 6.45) is 1.21. The Balaban J connectivity index is 0.00000364. The molecule has 0 aliphatic heterocycles. The number of rotatable bonds is 8. The molecule has 8 heteroatoms. The van der Waals surface area contributed by atoms with Crippen LogP contribution in [0.5, 0.6) is 0 Å². The van der Waals surface area contributed by atoms with Crippen molar-refractivity contribution >= 4 is 51.5 Å². The lowest BCUT2D eigenvalue weighted by molar-refractivity contribution is 0.602. The molecule has 0 atom stereocenters. The van der Waals surface area contributed by atoms with Gasteiger partial charge < -0.3 is 10.6 Å². The van der Waals surface area contributed by atoms with Gasteiger partial charge in [-0.2, -0.15) is 0 Å². The number of hydrogen-bond acceptors (Lipinski definition) is 4. The molecule has 0 fully saturated rings. The van der Waals surface area contributed by atoms with Crippen LogP contribution in [-0.4, -0.2) is 39.5 Å². The predicted octanol–water partition coefficient (Wildman–Crippen LogP) is 3.56. The van der Waals surface area contributed by atoms with E-state index in [1.165, 1.54) is 11.2 Å². The molecule has 0 saturated heterocycles. The number of hydrogen-bond donors (Lipinski definition) is 2. The SMILES string of the molecule is CCNC(=NCc1ccc(S(C)(=O)=O)cc1)NCCSc1ccccc1.I. The molecule has 0 aliphatic rings. The molecule has 0 heterocycles. The maximum absolute atomic E-state index is 11.5. The van der Waals surface area contributed by atoms with Gasteiger partial charge in [-0.05, 0) is 36.8 Å². The number of nitrogens with zero attached hydrogens (tertiary/aromatic N) is 1. The van der Waals surface area contributed by atoms with Gasteiger partial charge in [-0.1, -0.05) is 30.3 Å². The van der Waals surface area contributed by atoms with Gasteiger partial charge in [0.2, 0.25) is 0 Å². The van der Waals surface area contributed by atoms with Crippen molar-refractivity contribution in [2.45, 2.75) is 23.3 Å². The molecule has 0 unspecified atom stereocenters. The van der Waals surface area contributed by atoms with Gasteiger partial charge in [-0.3, -0.25) is 0 Å². The molecular weight excluding hydrogens is 493 g/mol. The topological polar surface area (TPSA) is 70.6 Å². The van der Waals surface area contributed by atoms with Crippen LogP contribution in [0, 0.1) is 0 Å². The standard InChI is InChI=1S/C19H25N3O2S2.HI/c1-3-20-19(21-13-14-25-17-7-5-4-6-8-17)22-15-16-9-11-18(12-10-16)26(2,23)24;/h4-12H,3,13-15H2,1-2H3,(H2,20,21,22);1H. The van der Waals surface area contributed by atoms with Crippen LogP contribution >= 0.6 is 35.7 Å². The molecule has 0 bridgehead atoms. The number of aliphatic imine (C=N–C) groups is 1. The van der Waals surface area contributed by atoms with E-state index in [1.807, 2.05) is 25.1 Å². The molecule has 0 aromatic heterocycles. The highest BCUT2D eigenvalue weighted by Gasteiger charge is 2.06. The lowest BCUT2D eigenvalue weighted by atomic mass is 10.2. The number of thioether (sulfide) groups is 1. The van der Waals surface area contributed by atoms with Crippen LogP contribution < -0.4 is 10.6 Å². The molecule has 0 aliphatic carbocycles. The van der Waals surface area contributed by atoms with Crippen LogP contribution in [0.1, 0.15) is 12.5 Å². The maximum atomic E-state index is 11.5. The Bertz CT molecular complexity index is 811. The first-order valence-corrected chi connectivity index (χ1v) is 11.4. The monoisotopic (exact) mass is 519 g/mol. The van der Waals surface area contributed by atoms with Crippen molar-refractivity contribution in [2.24, 2.45) is 4.99 Å². The van der Waals surface area contributed by atoms with Crippen molar-refractivity contribution in [3.05, 3.63) is 60.2 Å². The largest absolute Gasteiger partial charge is 0.357 e. The molecule has 0 radical (unpaired) electrons. The zero-order valence-electron chi connectivity index (χ0n) is 15.5. The minimum Gasteiger partial charge on any atom is -0.357 e. The quantitative estimate of drug-likeness (QED) is 0.184. The van der Waals surface area contributed by atoms with Gasteiger partial charge in [0, 0.05) is 30.0 Å². The van der Waals surface area contributed by atoms with Crippen molar-refractivity contribution in [3.63, 3.8) is 0 Å². The van der Waals surface area contributed by atoms with E-state index in [9.17, 15) is 8.42 Å². The molecule has 0 amide bonds. The summed E-state index contributed by atoms with van der Waals surface area (Å²) in [5.41, 5.74) is 0.966. The van der Waals surface area contributed by atoms with Crippen LogP contribution in [0.3, 0.4) is 0 Å². The normalized spacial score (nSPS) is 11.6. The summed E-state index contributed by atoms with van der Waals surface area (Å²) < 4.78 is 23.0. The van der Waals surface area contributed by atoms with Gasteiger partial charge in [0.15, 0.2) is 15.8 Å². The van der Waals surface area contributed by atoms with E-state index in [0.29, 0.717) is 11.4 Å². The smallest absolute Gasteiger partial charge is 0.191 e. The minimum absolute atomic E-state index is 0. The zero-order valence-corrected chi connectivity index (χ0v) is 19.5. The van der Waals surface area contributed by atoms with Gasteiger partial charge in [0.25, 0.3) is 0 Å². The summed E-state index contributed by atoms with van der Waals surface area (Å²) in [5.74, 6) is 1.70. The van der Waals surface area contributed by atoms with Gasteiger partial charge >= 0.3 is 0 Å². The summed E-state index contributed by atoms with van der Waals surface area (Å²) in [6.45, 7) is 4.10. The van der Waals surface area contributed by atoms with Crippen LogP contribution in [-0.2, 0) is 16.4 Å². The zero-order chi connectivity index (χ0) is 18.8. The number of guanidine groups is 1. The van der Waals surface area contributed by atoms with Crippen molar-refractivity contribution in [1.82, 2.24) is 10.6 Å². The first-order valence-electron chi connectivity index (χ1n) is 8.48. The third kappa shape index (κ3) is 8.98. The van der Waals surface area contributed by atoms with Crippen LogP contribution in [0.15, 0.2) is 69.4 Å². The van der Waals surface area contributed by atoms with Crippen LogP contribution in [0.2, 0.25) is 0 Å². The van der Waals surface area contributed by atoms with Gasteiger partial charge in [0.1, 0.15) is 0 Å². The Morgan fingerprint density at radius 2 is 1.70 bits per heavy atom. The second-order valence-corrected chi connectivity index (χ2v) is 8.88. The summed E-state index contributed by atoms with van der Waals surface area (Å²) in [7, 11) is -3.16. The number of halogens is 1. The summed E-state index contributed by atoms with van der Waals surface area (Å²) in [6, 6.07) is 17.1. The molecule has 0 saturated carbocycles. The average Bonchev–Trinajstić information content (AvgIpc) is 2.63. The molecular formula is C19H26IN3O2S2. The molecule has 0 spiro atoms. The van der Waals surface area contributed by atoms with Crippen molar-refractivity contribution in [2.75, 3.05) is 25.1 Å². The van der Waals surface area contributed by atoms with E-state index in [1.54, 1.807) is 36.0 Å².